The fourth-order valence-electron chi connectivity index (χ4n) is 6.36. The van der Waals surface area contributed by atoms with E-state index < -0.39 is 39.4 Å². The summed E-state index contributed by atoms with van der Waals surface area (Å²) in [5.74, 6) is -2.40. The Bertz CT molecular complexity index is 1180. The van der Waals surface area contributed by atoms with E-state index in [2.05, 4.69) is 5.32 Å². The second kappa shape index (κ2) is 9.39. The number of amides is 2. The maximum atomic E-state index is 14.2. The molecule has 5 rings (SSSR count). The number of aliphatic hydroxyl groups excluding tert-OH is 1. The molecule has 0 saturated carbocycles. The summed E-state index contributed by atoms with van der Waals surface area (Å²) < 4.78 is 4.12. The van der Waals surface area contributed by atoms with Crippen LogP contribution in [0.2, 0.25) is 5.02 Å². The van der Waals surface area contributed by atoms with Crippen LogP contribution in [-0.4, -0.2) is 56.5 Å². The van der Waals surface area contributed by atoms with Crippen molar-refractivity contribution in [3.8, 4) is 0 Å². The lowest BCUT2D eigenvalue weighted by Gasteiger charge is -2.37. The van der Waals surface area contributed by atoms with Crippen molar-refractivity contribution < 1.29 is 24.2 Å². The van der Waals surface area contributed by atoms with Crippen molar-refractivity contribution >= 4 is 46.8 Å². The molecule has 1 spiro atoms. The Kier molecular flexibility index (Phi) is 6.55. The lowest BCUT2D eigenvalue weighted by Crippen LogP contribution is -2.52. The summed E-state index contributed by atoms with van der Waals surface area (Å²) in [6.07, 6.45) is 1.31. The average molecular weight is 529 g/mol. The normalized spacial score (nSPS) is 31.3. The van der Waals surface area contributed by atoms with Gasteiger partial charge in [0.1, 0.15) is 6.04 Å². The molecule has 190 valence electrons. The zero-order valence-corrected chi connectivity index (χ0v) is 21.7. The molecule has 0 aliphatic carbocycles. The predicted molar refractivity (Wildman–Crippen MR) is 139 cm³/mol. The highest BCUT2D eigenvalue weighted by molar-refractivity contribution is 8.02. The van der Waals surface area contributed by atoms with Crippen molar-refractivity contribution in [1.82, 2.24) is 4.90 Å². The molecule has 0 aromatic heterocycles. The Hall–Kier alpha value is -2.55. The van der Waals surface area contributed by atoms with Gasteiger partial charge in [-0.05, 0) is 56.5 Å². The number of halogens is 1. The number of anilines is 1. The molecule has 3 aliphatic heterocycles. The standard InChI is InChI=1S/C27H29ClN2O5S/c1-3-35-25(34)21-20-24(33)30(19(15-31)16-7-5-4-6-8-16)22(27(20)14-13-26(21,2)36-27)23(32)29-18-11-9-17(28)10-12-18/h4-12,19-22,31H,3,13-15H2,1-2H3,(H,29,32)/t19-,20+,21-,22?,26+,27?/m1/s1. The smallest absolute Gasteiger partial charge is 0.311 e. The van der Waals surface area contributed by atoms with Crippen molar-refractivity contribution in [1.29, 1.82) is 0 Å². The number of ether oxygens (including phenoxy) is 1. The first kappa shape index (κ1) is 25.1. The lowest BCUT2D eigenvalue weighted by atomic mass is 9.66. The van der Waals surface area contributed by atoms with Gasteiger partial charge in [0.25, 0.3) is 0 Å². The number of esters is 1. The third kappa shape index (κ3) is 3.81. The van der Waals surface area contributed by atoms with E-state index in [1.165, 1.54) is 4.90 Å². The van der Waals surface area contributed by atoms with Crippen LogP contribution < -0.4 is 5.32 Å². The van der Waals surface area contributed by atoms with E-state index in [4.69, 9.17) is 16.3 Å². The number of benzene rings is 2. The quantitative estimate of drug-likeness (QED) is 0.526. The van der Waals surface area contributed by atoms with Crippen LogP contribution in [0.1, 0.15) is 38.3 Å². The van der Waals surface area contributed by atoms with Crippen LogP contribution in [0.5, 0.6) is 0 Å². The minimum atomic E-state index is -0.880. The largest absolute Gasteiger partial charge is 0.466 e. The number of hydrogen-bond acceptors (Lipinski definition) is 6. The van der Waals surface area contributed by atoms with Gasteiger partial charge in [-0.3, -0.25) is 14.4 Å². The van der Waals surface area contributed by atoms with Gasteiger partial charge in [-0.15, -0.1) is 11.8 Å². The monoisotopic (exact) mass is 528 g/mol. The van der Waals surface area contributed by atoms with Gasteiger partial charge < -0.3 is 20.1 Å². The Morgan fingerprint density at radius 3 is 2.53 bits per heavy atom. The Morgan fingerprint density at radius 1 is 1.19 bits per heavy atom. The summed E-state index contributed by atoms with van der Waals surface area (Å²) in [5, 5.41) is 14.0. The predicted octanol–water partition coefficient (Wildman–Crippen LogP) is 4.06. The van der Waals surface area contributed by atoms with E-state index in [0.29, 0.717) is 23.6 Å². The second-order valence-electron chi connectivity index (χ2n) is 9.83. The SMILES string of the molecule is CCOC(=O)[C@H]1[C@H]2C(=O)N([C@H](CO)c3ccccc3)C(C(=O)Nc3ccc(Cl)cc3)C23CC[C@]1(C)S3. The van der Waals surface area contributed by atoms with Crippen molar-refractivity contribution in [3.05, 3.63) is 65.2 Å². The zero-order chi connectivity index (χ0) is 25.7. The highest BCUT2D eigenvalue weighted by atomic mass is 35.5. The number of nitrogens with one attached hydrogen (secondary N) is 1. The van der Waals surface area contributed by atoms with Crippen LogP contribution >= 0.6 is 23.4 Å². The van der Waals surface area contributed by atoms with E-state index in [1.54, 1.807) is 43.0 Å². The van der Waals surface area contributed by atoms with Gasteiger partial charge >= 0.3 is 5.97 Å². The topological polar surface area (TPSA) is 95.9 Å². The summed E-state index contributed by atoms with van der Waals surface area (Å²) in [7, 11) is 0. The van der Waals surface area contributed by atoms with Crippen LogP contribution in [0.4, 0.5) is 5.69 Å². The van der Waals surface area contributed by atoms with Gasteiger partial charge in [-0.2, -0.15) is 0 Å². The maximum absolute atomic E-state index is 14.2. The molecular formula is C27H29ClN2O5S. The molecule has 3 heterocycles. The highest BCUT2D eigenvalue weighted by Crippen LogP contribution is 2.72. The van der Waals surface area contributed by atoms with Gasteiger partial charge in [0.2, 0.25) is 11.8 Å². The van der Waals surface area contributed by atoms with E-state index in [9.17, 15) is 19.5 Å². The fraction of sp³-hybridized carbons (Fsp3) is 0.444. The third-order valence-corrected chi connectivity index (χ3v) is 10.0. The van der Waals surface area contributed by atoms with Gasteiger partial charge in [0.15, 0.2) is 0 Å². The summed E-state index contributed by atoms with van der Waals surface area (Å²) in [6.45, 7) is 3.62. The maximum Gasteiger partial charge on any atom is 0.311 e. The Labute approximate surface area is 219 Å². The lowest BCUT2D eigenvalue weighted by molar-refractivity contribution is -0.155. The van der Waals surface area contributed by atoms with Crippen LogP contribution in [0, 0.1) is 11.8 Å². The van der Waals surface area contributed by atoms with Crippen molar-refractivity contribution in [2.75, 3.05) is 18.5 Å². The zero-order valence-electron chi connectivity index (χ0n) is 20.1. The van der Waals surface area contributed by atoms with Crippen molar-refractivity contribution in [2.45, 2.75) is 48.3 Å². The number of thioether (sulfide) groups is 1. The number of rotatable bonds is 7. The van der Waals surface area contributed by atoms with Gasteiger partial charge in [0, 0.05) is 15.5 Å². The van der Waals surface area contributed by atoms with Gasteiger partial charge in [-0.1, -0.05) is 41.9 Å². The molecule has 2 amide bonds. The molecule has 7 nitrogen and oxygen atoms in total. The number of fused-ring (bicyclic) bond motifs is 1. The summed E-state index contributed by atoms with van der Waals surface area (Å²) in [4.78, 5) is 42.9. The molecule has 3 saturated heterocycles. The number of hydrogen-bond donors (Lipinski definition) is 2. The highest BCUT2D eigenvalue weighted by Gasteiger charge is 2.78. The van der Waals surface area contributed by atoms with E-state index >= 15 is 0 Å². The molecule has 2 aromatic rings. The molecule has 6 atom stereocenters. The molecule has 3 fully saturated rings. The van der Waals surface area contributed by atoms with Crippen LogP contribution in [-0.2, 0) is 19.1 Å². The van der Waals surface area contributed by atoms with Crippen molar-refractivity contribution in [3.63, 3.8) is 0 Å². The Morgan fingerprint density at radius 2 is 1.89 bits per heavy atom. The molecule has 2 bridgehead atoms. The average Bonchev–Trinajstić information content (AvgIpc) is 3.43. The number of carbonyl (C=O) groups excluding carboxylic acids is 3. The number of nitrogens with zero attached hydrogens (tertiary/aromatic N) is 1. The molecular weight excluding hydrogens is 500 g/mol. The first-order valence-electron chi connectivity index (χ1n) is 12.2. The first-order valence-corrected chi connectivity index (χ1v) is 13.4. The van der Waals surface area contributed by atoms with Gasteiger partial charge in [-0.25, -0.2) is 0 Å². The summed E-state index contributed by atoms with van der Waals surface area (Å²) in [6, 6.07) is 14.4. The number of likely N-dealkylation sites (tertiary alicyclic amines) is 1. The Balaban J connectivity index is 1.60. The number of carbonyl (C=O) groups is 3. The summed E-state index contributed by atoms with van der Waals surface area (Å²) in [5.41, 5.74) is 1.29. The molecule has 2 aromatic carbocycles. The fourth-order valence-corrected chi connectivity index (χ4v) is 8.82. The molecule has 9 heteroatoms. The molecule has 2 unspecified atom stereocenters. The summed E-state index contributed by atoms with van der Waals surface area (Å²) >= 11 is 7.58. The van der Waals surface area contributed by atoms with Crippen molar-refractivity contribution in [2.24, 2.45) is 11.8 Å². The van der Waals surface area contributed by atoms with Crippen LogP contribution in [0.15, 0.2) is 54.6 Å². The number of aliphatic hydroxyl groups is 1. The first-order chi connectivity index (χ1) is 17.3. The minimum Gasteiger partial charge on any atom is -0.466 e. The van der Waals surface area contributed by atoms with Crippen LogP contribution in [0.3, 0.4) is 0 Å². The molecule has 0 radical (unpaired) electrons. The molecule has 36 heavy (non-hydrogen) atoms. The minimum absolute atomic E-state index is 0.220. The third-order valence-electron chi connectivity index (χ3n) is 7.81. The van der Waals surface area contributed by atoms with E-state index in [-0.39, 0.29) is 25.0 Å². The van der Waals surface area contributed by atoms with Gasteiger partial charge in [0.05, 0.1) is 35.8 Å². The second-order valence-corrected chi connectivity index (χ2v) is 12.2. The molecule has 2 N–H and O–H groups in total. The molecule has 3 aliphatic rings. The van der Waals surface area contributed by atoms with E-state index in [0.717, 1.165) is 5.56 Å². The van der Waals surface area contributed by atoms with E-state index in [1.807, 2.05) is 37.3 Å². The van der Waals surface area contributed by atoms with Crippen LogP contribution in [0.25, 0.3) is 0 Å².